The third-order valence-electron chi connectivity index (χ3n) is 4.23. The van der Waals surface area contributed by atoms with Crippen LogP contribution in [0.25, 0.3) is 0 Å². The minimum atomic E-state index is 0.250. The number of carbonyl (C=O) groups excluding carboxylic acids is 1. The molecule has 20 heavy (non-hydrogen) atoms. The van der Waals surface area contributed by atoms with Crippen molar-refractivity contribution >= 4 is 21.8 Å². The molecule has 1 aliphatic rings. The Balaban J connectivity index is 1.95. The summed E-state index contributed by atoms with van der Waals surface area (Å²) in [7, 11) is 0. The fourth-order valence-corrected chi connectivity index (χ4v) is 3.21. The first-order valence-corrected chi connectivity index (χ1v) is 8.05. The maximum atomic E-state index is 12.4. The number of nitrogens with zero attached hydrogens (tertiary/aromatic N) is 1. The van der Waals surface area contributed by atoms with Crippen LogP contribution in [0.3, 0.4) is 0 Å². The van der Waals surface area contributed by atoms with Crippen molar-refractivity contribution in [1.29, 1.82) is 0 Å². The lowest BCUT2D eigenvalue weighted by Crippen LogP contribution is -2.35. The molecule has 110 valence electrons. The Bertz CT molecular complexity index is 460. The van der Waals surface area contributed by atoms with E-state index in [0.29, 0.717) is 24.9 Å². The summed E-state index contributed by atoms with van der Waals surface area (Å²) in [4.78, 5) is 14.5. The van der Waals surface area contributed by atoms with Gasteiger partial charge in [-0.05, 0) is 49.4 Å². The van der Waals surface area contributed by atoms with Crippen LogP contribution < -0.4 is 5.73 Å². The molecule has 3 unspecified atom stereocenters. The van der Waals surface area contributed by atoms with Gasteiger partial charge in [0.25, 0.3) is 0 Å². The van der Waals surface area contributed by atoms with Crippen molar-refractivity contribution in [2.24, 2.45) is 11.7 Å². The summed E-state index contributed by atoms with van der Waals surface area (Å²) in [6, 6.07) is 8.54. The quantitative estimate of drug-likeness (QED) is 0.916. The molecule has 0 spiro atoms. The first kappa shape index (κ1) is 15.5. The number of hydrogen-bond donors (Lipinski definition) is 1. The van der Waals surface area contributed by atoms with E-state index >= 15 is 0 Å². The van der Waals surface area contributed by atoms with Crippen LogP contribution in [-0.4, -0.2) is 29.9 Å². The van der Waals surface area contributed by atoms with Crippen molar-refractivity contribution in [2.75, 3.05) is 13.1 Å². The van der Waals surface area contributed by atoms with Crippen LogP contribution in [0.15, 0.2) is 28.7 Å². The summed E-state index contributed by atoms with van der Waals surface area (Å²) in [6.45, 7) is 5.74. The van der Waals surface area contributed by atoms with Gasteiger partial charge in [0.1, 0.15) is 0 Å². The number of nitrogens with two attached hydrogens (primary N) is 1. The average Bonchev–Trinajstić information content (AvgIpc) is 2.80. The zero-order chi connectivity index (χ0) is 14.7. The Hall–Kier alpha value is -0.870. The minimum absolute atomic E-state index is 0.250. The summed E-state index contributed by atoms with van der Waals surface area (Å²) >= 11 is 3.43. The number of carbonyl (C=O) groups is 1. The van der Waals surface area contributed by atoms with Crippen molar-refractivity contribution in [3.05, 3.63) is 34.3 Å². The number of likely N-dealkylation sites (tertiary alicyclic amines) is 1. The molecule has 1 saturated heterocycles. The second-order valence-electron chi connectivity index (χ2n) is 5.89. The summed E-state index contributed by atoms with van der Waals surface area (Å²) < 4.78 is 1.07. The highest BCUT2D eigenvalue weighted by Gasteiger charge is 2.31. The molecule has 3 atom stereocenters. The maximum Gasteiger partial charge on any atom is 0.223 e. The first-order valence-electron chi connectivity index (χ1n) is 7.26. The number of benzene rings is 1. The summed E-state index contributed by atoms with van der Waals surface area (Å²) in [5.74, 6) is 0.973. The van der Waals surface area contributed by atoms with Gasteiger partial charge in [-0.1, -0.05) is 35.0 Å². The Morgan fingerprint density at radius 2 is 2.10 bits per heavy atom. The molecule has 0 saturated carbocycles. The first-order chi connectivity index (χ1) is 9.51. The molecule has 0 aromatic heterocycles. The van der Waals surface area contributed by atoms with E-state index in [0.717, 1.165) is 17.4 Å². The van der Waals surface area contributed by atoms with Crippen LogP contribution in [-0.2, 0) is 4.79 Å². The highest BCUT2D eigenvalue weighted by molar-refractivity contribution is 9.10. The van der Waals surface area contributed by atoms with Crippen LogP contribution in [0, 0.1) is 5.92 Å². The van der Waals surface area contributed by atoms with Gasteiger partial charge in [0.05, 0.1) is 0 Å². The molecule has 1 aromatic rings. The minimum Gasteiger partial charge on any atom is -0.340 e. The average molecular weight is 339 g/mol. The molecular weight excluding hydrogens is 316 g/mol. The predicted octanol–water partition coefficient (Wildman–Crippen LogP) is 3.14. The molecule has 1 aliphatic heterocycles. The molecule has 0 bridgehead atoms. The maximum absolute atomic E-state index is 12.4. The van der Waals surface area contributed by atoms with Crippen LogP contribution in [0.1, 0.15) is 38.2 Å². The van der Waals surface area contributed by atoms with Gasteiger partial charge in [0.2, 0.25) is 5.91 Å². The summed E-state index contributed by atoms with van der Waals surface area (Å²) in [6.07, 6.45) is 1.61. The number of amides is 1. The molecule has 1 aromatic carbocycles. The largest absolute Gasteiger partial charge is 0.340 e. The lowest BCUT2D eigenvalue weighted by atomic mass is 9.97. The fraction of sp³-hybridized carbons (Fsp3) is 0.562. The topological polar surface area (TPSA) is 46.3 Å². The normalized spacial score (nSPS) is 23.9. The van der Waals surface area contributed by atoms with Gasteiger partial charge >= 0.3 is 0 Å². The van der Waals surface area contributed by atoms with Crippen molar-refractivity contribution in [2.45, 2.75) is 38.6 Å². The Kier molecular flexibility index (Phi) is 5.22. The van der Waals surface area contributed by atoms with Crippen molar-refractivity contribution in [3.8, 4) is 0 Å². The second kappa shape index (κ2) is 6.72. The third-order valence-corrected chi connectivity index (χ3v) is 4.76. The highest BCUT2D eigenvalue weighted by Crippen LogP contribution is 2.27. The molecular formula is C16H23BrN2O. The van der Waals surface area contributed by atoms with Crippen LogP contribution in [0.2, 0.25) is 0 Å². The van der Waals surface area contributed by atoms with Gasteiger partial charge in [-0.2, -0.15) is 0 Å². The number of halogens is 1. The van der Waals surface area contributed by atoms with Gasteiger partial charge in [0, 0.05) is 23.5 Å². The van der Waals surface area contributed by atoms with Gasteiger partial charge in [-0.3, -0.25) is 4.79 Å². The SMILES string of the molecule is CC(CC(=O)N1CC(CN)CC1C)c1ccc(Br)cc1. The molecule has 0 radical (unpaired) electrons. The zero-order valence-electron chi connectivity index (χ0n) is 12.2. The van der Waals surface area contributed by atoms with E-state index in [9.17, 15) is 4.79 Å². The van der Waals surface area contributed by atoms with Crippen LogP contribution in [0.4, 0.5) is 0 Å². The monoisotopic (exact) mass is 338 g/mol. The van der Waals surface area contributed by atoms with Crippen LogP contribution >= 0.6 is 15.9 Å². The highest BCUT2D eigenvalue weighted by atomic mass is 79.9. The molecule has 0 aliphatic carbocycles. The van der Waals surface area contributed by atoms with E-state index < -0.39 is 0 Å². The van der Waals surface area contributed by atoms with E-state index in [4.69, 9.17) is 5.73 Å². The molecule has 1 amide bonds. The molecule has 3 nitrogen and oxygen atoms in total. The summed E-state index contributed by atoms with van der Waals surface area (Å²) in [5, 5.41) is 0. The van der Waals surface area contributed by atoms with Crippen molar-refractivity contribution in [3.63, 3.8) is 0 Å². The standard InChI is InChI=1S/C16H23BrN2O/c1-11(14-3-5-15(17)6-4-14)7-16(20)19-10-13(9-18)8-12(19)2/h3-6,11-13H,7-10,18H2,1-2H3. The smallest absolute Gasteiger partial charge is 0.223 e. The lowest BCUT2D eigenvalue weighted by Gasteiger charge is -2.23. The fourth-order valence-electron chi connectivity index (χ4n) is 2.95. The Morgan fingerprint density at radius 3 is 2.65 bits per heavy atom. The Labute approximate surface area is 129 Å². The van der Waals surface area contributed by atoms with Gasteiger partial charge in [-0.25, -0.2) is 0 Å². The van der Waals surface area contributed by atoms with Crippen LogP contribution in [0.5, 0.6) is 0 Å². The van der Waals surface area contributed by atoms with Gasteiger partial charge in [0.15, 0.2) is 0 Å². The second-order valence-corrected chi connectivity index (χ2v) is 6.80. The molecule has 2 rings (SSSR count). The van der Waals surface area contributed by atoms with Crippen molar-refractivity contribution < 1.29 is 4.79 Å². The molecule has 4 heteroatoms. The van der Waals surface area contributed by atoms with E-state index in [-0.39, 0.29) is 11.8 Å². The molecule has 2 N–H and O–H groups in total. The lowest BCUT2D eigenvalue weighted by molar-refractivity contribution is -0.132. The van der Waals surface area contributed by atoms with E-state index in [1.165, 1.54) is 5.56 Å². The number of rotatable bonds is 4. The third kappa shape index (κ3) is 3.61. The van der Waals surface area contributed by atoms with E-state index in [2.05, 4.69) is 41.9 Å². The zero-order valence-corrected chi connectivity index (χ0v) is 13.8. The number of hydrogen-bond acceptors (Lipinski definition) is 2. The molecule has 1 heterocycles. The predicted molar refractivity (Wildman–Crippen MR) is 85.5 cm³/mol. The molecule has 1 fully saturated rings. The van der Waals surface area contributed by atoms with Gasteiger partial charge in [-0.15, -0.1) is 0 Å². The van der Waals surface area contributed by atoms with E-state index in [1.807, 2.05) is 17.0 Å². The van der Waals surface area contributed by atoms with Crippen molar-refractivity contribution in [1.82, 2.24) is 4.90 Å². The van der Waals surface area contributed by atoms with E-state index in [1.54, 1.807) is 0 Å². The summed E-state index contributed by atoms with van der Waals surface area (Å²) in [5.41, 5.74) is 6.93. The Morgan fingerprint density at radius 1 is 1.45 bits per heavy atom. The van der Waals surface area contributed by atoms with Gasteiger partial charge < -0.3 is 10.6 Å².